The zero-order chi connectivity index (χ0) is 8.10. The minimum atomic E-state index is 0.971. The van der Waals surface area contributed by atoms with Crippen molar-refractivity contribution in [1.29, 1.82) is 0 Å². The smallest absolute Gasteiger partial charge is 0.0250 e. The summed E-state index contributed by atoms with van der Waals surface area (Å²) in [4.78, 5) is 0. The van der Waals surface area contributed by atoms with Crippen molar-refractivity contribution in [2.75, 3.05) is 7.05 Å². The van der Waals surface area contributed by atoms with Gasteiger partial charge in [0.1, 0.15) is 0 Å². The van der Waals surface area contributed by atoms with Crippen LogP contribution in [0.15, 0.2) is 24.3 Å². The number of nitrogens with one attached hydrogen (secondary N) is 1. The van der Waals surface area contributed by atoms with Crippen LogP contribution in [0.2, 0.25) is 0 Å². The Morgan fingerprint density at radius 2 is 1.91 bits per heavy atom. The topological polar surface area (TPSA) is 12.0 Å². The van der Waals surface area contributed by atoms with Crippen LogP contribution in [0.4, 0.5) is 0 Å². The first-order chi connectivity index (χ1) is 5.38. The van der Waals surface area contributed by atoms with Crippen molar-refractivity contribution in [3.05, 3.63) is 35.4 Å². The fourth-order valence-electron chi connectivity index (χ4n) is 1.05. The SMILES string of the molecule is CNCc1ccccc1CI. The third-order valence-electron chi connectivity index (χ3n) is 1.63. The Labute approximate surface area is 81.3 Å². The molecule has 0 spiro atoms. The summed E-state index contributed by atoms with van der Waals surface area (Å²) in [6.07, 6.45) is 0. The van der Waals surface area contributed by atoms with Crippen LogP contribution in [0.5, 0.6) is 0 Å². The zero-order valence-corrected chi connectivity index (χ0v) is 8.76. The van der Waals surface area contributed by atoms with Gasteiger partial charge in [0.15, 0.2) is 0 Å². The lowest BCUT2D eigenvalue weighted by atomic mass is 10.1. The van der Waals surface area contributed by atoms with Gasteiger partial charge in [-0.25, -0.2) is 0 Å². The fourth-order valence-corrected chi connectivity index (χ4v) is 1.79. The summed E-state index contributed by atoms with van der Waals surface area (Å²) in [5.74, 6) is 0. The number of alkyl halides is 1. The molecule has 0 aromatic heterocycles. The van der Waals surface area contributed by atoms with Crippen LogP contribution in [-0.2, 0) is 11.0 Å². The molecule has 0 saturated heterocycles. The Morgan fingerprint density at radius 3 is 2.45 bits per heavy atom. The average Bonchev–Trinajstić information content (AvgIpc) is 2.06. The fraction of sp³-hybridized carbons (Fsp3) is 0.333. The molecule has 1 aromatic carbocycles. The van der Waals surface area contributed by atoms with E-state index in [1.54, 1.807) is 0 Å². The van der Waals surface area contributed by atoms with E-state index in [9.17, 15) is 0 Å². The molecule has 60 valence electrons. The maximum absolute atomic E-state index is 3.16. The van der Waals surface area contributed by atoms with Crippen LogP contribution in [0, 0.1) is 0 Å². The van der Waals surface area contributed by atoms with Gasteiger partial charge >= 0.3 is 0 Å². The van der Waals surface area contributed by atoms with E-state index in [1.165, 1.54) is 11.1 Å². The van der Waals surface area contributed by atoms with Crippen LogP contribution in [-0.4, -0.2) is 7.05 Å². The van der Waals surface area contributed by atoms with E-state index in [0.29, 0.717) is 0 Å². The number of hydrogen-bond donors (Lipinski definition) is 1. The van der Waals surface area contributed by atoms with E-state index in [2.05, 4.69) is 52.2 Å². The molecule has 0 radical (unpaired) electrons. The maximum atomic E-state index is 3.16. The van der Waals surface area contributed by atoms with Crippen molar-refractivity contribution in [2.24, 2.45) is 0 Å². The summed E-state index contributed by atoms with van der Waals surface area (Å²) in [5, 5.41) is 3.16. The minimum absolute atomic E-state index is 0.971. The molecule has 0 aliphatic carbocycles. The highest BCUT2D eigenvalue weighted by atomic mass is 127. The van der Waals surface area contributed by atoms with Gasteiger partial charge in [-0.1, -0.05) is 46.9 Å². The van der Waals surface area contributed by atoms with Crippen LogP contribution in [0.3, 0.4) is 0 Å². The van der Waals surface area contributed by atoms with Crippen LogP contribution < -0.4 is 5.32 Å². The standard InChI is InChI=1S/C9H12IN/c1-11-7-9-5-3-2-4-8(9)6-10/h2-5,11H,6-7H2,1H3. The van der Waals surface area contributed by atoms with Gasteiger partial charge in [0, 0.05) is 11.0 Å². The molecule has 1 N–H and O–H groups in total. The summed E-state index contributed by atoms with van der Waals surface area (Å²) in [6.45, 7) is 0.971. The molecule has 2 heteroatoms. The molecule has 0 bridgehead atoms. The second kappa shape index (κ2) is 4.72. The third kappa shape index (κ3) is 2.45. The quantitative estimate of drug-likeness (QED) is 0.650. The van der Waals surface area contributed by atoms with E-state index in [-0.39, 0.29) is 0 Å². The molecule has 11 heavy (non-hydrogen) atoms. The second-order valence-corrected chi connectivity index (χ2v) is 3.20. The van der Waals surface area contributed by atoms with E-state index >= 15 is 0 Å². The van der Waals surface area contributed by atoms with Crippen molar-refractivity contribution in [1.82, 2.24) is 5.32 Å². The highest BCUT2D eigenvalue weighted by molar-refractivity contribution is 14.1. The largest absolute Gasteiger partial charge is 0.316 e. The van der Waals surface area contributed by atoms with E-state index in [0.717, 1.165) is 11.0 Å². The van der Waals surface area contributed by atoms with Crippen molar-refractivity contribution >= 4 is 22.6 Å². The summed E-state index contributed by atoms with van der Waals surface area (Å²) in [6, 6.07) is 8.53. The Balaban J connectivity index is 2.83. The summed E-state index contributed by atoms with van der Waals surface area (Å²) in [5.41, 5.74) is 2.84. The molecular formula is C9H12IN. The molecule has 0 atom stereocenters. The number of hydrogen-bond acceptors (Lipinski definition) is 1. The molecule has 0 heterocycles. The molecular weight excluding hydrogens is 249 g/mol. The Bertz CT molecular complexity index is 223. The highest BCUT2D eigenvalue weighted by Gasteiger charge is 1.96. The molecule has 0 fully saturated rings. The highest BCUT2D eigenvalue weighted by Crippen LogP contribution is 2.11. The van der Waals surface area contributed by atoms with Crippen molar-refractivity contribution in [3.63, 3.8) is 0 Å². The van der Waals surface area contributed by atoms with Crippen LogP contribution >= 0.6 is 22.6 Å². The maximum Gasteiger partial charge on any atom is 0.0250 e. The van der Waals surface area contributed by atoms with Crippen molar-refractivity contribution < 1.29 is 0 Å². The molecule has 0 unspecified atom stereocenters. The molecule has 1 rings (SSSR count). The summed E-state index contributed by atoms with van der Waals surface area (Å²) in [7, 11) is 1.98. The molecule has 0 aliphatic rings. The monoisotopic (exact) mass is 261 g/mol. The lowest BCUT2D eigenvalue weighted by molar-refractivity contribution is 0.812. The number of halogens is 1. The van der Waals surface area contributed by atoms with Gasteiger partial charge in [-0.15, -0.1) is 0 Å². The van der Waals surface area contributed by atoms with Gasteiger partial charge in [-0.2, -0.15) is 0 Å². The third-order valence-corrected chi connectivity index (χ3v) is 2.45. The van der Waals surface area contributed by atoms with Gasteiger partial charge < -0.3 is 5.32 Å². The summed E-state index contributed by atoms with van der Waals surface area (Å²) < 4.78 is 1.09. The zero-order valence-electron chi connectivity index (χ0n) is 6.60. The van der Waals surface area contributed by atoms with Gasteiger partial charge in [0.05, 0.1) is 0 Å². The van der Waals surface area contributed by atoms with Gasteiger partial charge in [-0.05, 0) is 18.2 Å². The van der Waals surface area contributed by atoms with Crippen molar-refractivity contribution in [2.45, 2.75) is 11.0 Å². The lowest BCUT2D eigenvalue weighted by Crippen LogP contribution is -2.06. The Kier molecular flexibility index (Phi) is 3.86. The second-order valence-electron chi connectivity index (χ2n) is 2.43. The predicted molar refractivity (Wildman–Crippen MR) is 56.9 cm³/mol. The molecule has 0 saturated carbocycles. The first-order valence-electron chi connectivity index (χ1n) is 3.66. The van der Waals surface area contributed by atoms with Gasteiger partial charge in [0.25, 0.3) is 0 Å². The average molecular weight is 261 g/mol. The first kappa shape index (κ1) is 9.00. The van der Waals surface area contributed by atoms with E-state index < -0.39 is 0 Å². The predicted octanol–water partition coefficient (Wildman–Crippen LogP) is 2.34. The van der Waals surface area contributed by atoms with Gasteiger partial charge in [0.2, 0.25) is 0 Å². The Hall–Kier alpha value is -0.0900. The Morgan fingerprint density at radius 1 is 1.27 bits per heavy atom. The van der Waals surface area contributed by atoms with E-state index in [4.69, 9.17) is 0 Å². The van der Waals surface area contributed by atoms with Crippen LogP contribution in [0.25, 0.3) is 0 Å². The van der Waals surface area contributed by atoms with E-state index in [1.807, 2.05) is 7.05 Å². The minimum Gasteiger partial charge on any atom is -0.316 e. The molecule has 1 aromatic rings. The normalized spacial score (nSPS) is 10.0. The molecule has 0 aliphatic heterocycles. The van der Waals surface area contributed by atoms with Gasteiger partial charge in [-0.3, -0.25) is 0 Å². The first-order valence-corrected chi connectivity index (χ1v) is 5.18. The number of benzene rings is 1. The molecule has 0 amide bonds. The summed E-state index contributed by atoms with van der Waals surface area (Å²) >= 11 is 2.39. The van der Waals surface area contributed by atoms with Crippen molar-refractivity contribution in [3.8, 4) is 0 Å². The van der Waals surface area contributed by atoms with Crippen LogP contribution in [0.1, 0.15) is 11.1 Å². The number of rotatable bonds is 3. The lowest BCUT2D eigenvalue weighted by Gasteiger charge is -2.04. The molecule has 1 nitrogen and oxygen atoms in total.